The summed E-state index contributed by atoms with van der Waals surface area (Å²) in [6, 6.07) is 18.0. The van der Waals surface area contributed by atoms with Crippen LogP contribution in [0.5, 0.6) is 0 Å². The monoisotopic (exact) mass is 424 g/mol. The van der Waals surface area contributed by atoms with E-state index in [9.17, 15) is 4.79 Å². The van der Waals surface area contributed by atoms with Crippen molar-refractivity contribution in [2.75, 3.05) is 13.2 Å². The molecule has 0 aliphatic carbocycles. The topological polar surface area (TPSA) is 92.3 Å². The summed E-state index contributed by atoms with van der Waals surface area (Å²) in [4.78, 5) is 15.7. The molecule has 30 heavy (non-hydrogen) atoms. The standard InChI is InChI=1S/C22H25N5O2S/c1-17(28)25-13-19-8-5-9-20(12-19)21-15-30-22(26-21)27(23)16-24-10-11-29-14-18-6-3-2-4-7-18/h2-9,12,15-16H,10-11,13-14,23H2,1H3,(H,25,28)/p+1. The van der Waals surface area contributed by atoms with Gasteiger partial charge >= 0.3 is 5.13 Å². The molecule has 3 aromatic rings. The molecule has 1 aromatic heterocycles. The van der Waals surface area contributed by atoms with Gasteiger partial charge in [-0.3, -0.25) is 10.6 Å². The first kappa shape index (κ1) is 21.5. The maximum Gasteiger partial charge on any atom is 0.343 e. The van der Waals surface area contributed by atoms with Gasteiger partial charge in [0, 0.05) is 24.4 Å². The third kappa shape index (κ3) is 6.68. The van der Waals surface area contributed by atoms with Gasteiger partial charge in [0.1, 0.15) is 0 Å². The van der Waals surface area contributed by atoms with E-state index in [1.54, 1.807) is 6.34 Å². The van der Waals surface area contributed by atoms with Crippen molar-refractivity contribution in [3.8, 4) is 11.3 Å². The van der Waals surface area contributed by atoms with Gasteiger partial charge in [-0.05, 0) is 17.2 Å². The number of hydrogen-bond donors (Lipinski definition) is 3. The third-order valence-corrected chi connectivity index (χ3v) is 5.06. The lowest BCUT2D eigenvalue weighted by Crippen LogP contribution is -2.27. The molecule has 0 spiro atoms. The van der Waals surface area contributed by atoms with Gasteiger partial charge in [0.25, 0.3) is 0 Å². The minimum atomic E-state index is -0.0522. The molecule has 156 valence electrons. The fourth-order valence-corrected chi connectivity index (χ4v) is 3.43. The maximum absolute atomic E-state index is 11.1. The number of thiazole rings is 1. The lowest BCUT2D eigenvalue weighted by molar-refractivity contribution is -0.449. The Hall–Kier alpha value is -3.23. The number of aromatic nitrogens is 1. The number of nitrogens with zero attached hydrogens (tertiary/aromatic N) is 2. The van der Waals surface area contributed by atoms with Gasteiger partial charge in [-0.15, -0.1) is 4.68 Å². The maximum atomic E-state index is 11.1. The first-order valence-corrected chi connectivity index (χ1v) is 10.5. The third-order valence-electron chi connectivity index (χ3n) is 4.21. The zero-order valence-electron chi connectivity index (χ0n) is 16.9. The quantitative estimate of drug-likeness (QED) is 0.116. The van der Waals surface area contributed by atoms with Crippen LogP contribution in [-0.2, 0) is 22.7 Å². The van der Waals surface area contributed by atoms with Crippen molar-refractivity contribution in [1.29, 1.82) is 0 Å². The van der Waals surface area contributed by atoms with E-state index in [0.717, 1.165) is 22.4 Å². The minimum Gasteiger partial charge on any atom is -0.373 e. The minimum absolute atomic E-state index is 0.0522. The summed E-state index contributed by atoms with van der Waals surface area (Å²) in [7, 11) is 0. The summed E-state index contributed by atoms with van der Waals surface area (Å²) in [6.45, 7) is 3.80. The van der Waals surface area contributed by atoms with Gasteiger partial charge in [-0.2, -0.15) is 0 Å². The molecule has 1 heterocycles. The number of nitrogens with one attached hydrogen (secondary N) is 2. The highest BCUT2D eigenvalue weighted by atomic mass is 32.1. The van der Waals surface area contributed by atoms with E-state index in [2.05, 4.69) is 15.6 Å². The molecule has 1 amide bonds. The molecule has 8 heteroatoms. The summed E-state index contributed by atoms with van der Waals surface area (Å²) in [5, 5.41) is 8.57. The van der Waals surface area contributed by atoms with Crippen LogP contribution >= 0.6 is 11.3 Å². The first-order valence-electron chi connectivity index (χ1n) is 9.63. The number of carbonyl (C=O) groups is 1. The number of nitrogens with two attached hydrogens (primary N) is 1. The molecule has 0 bridgehead atoms. The molecule has 4 N–H and O–H groups in total. The van der Waals surface area contributed by atoms with E-state index in [4.69, 9.17) is 10.6 Å². The van der Waals surface area contributed by atoms with Crippen molar-refractivity contribution in [1.82, 2.24) is 15.6 Å². The van der Waals surface area contributed by atoms with E-state index in [-0.39, 0.29) is 5.91 Å². The molecule has 0 unspecified atom stereocenters. The fraction of sp³-hybridized carbons (Fsp3) is 0.227. The molecule has 0 aliphatic heterocycles. The lowest BCUT2D eigenvalue weighted by Gasteiger charge is -2.03. The average molecular weight is 425 g/mol. The SMILES string of the molecule is CC(=O)NCc1cccc(-c2csc([N+](N)=CNCCOCc3ccccc3)n2)c1. The van der Waals surface area contributed by atoms with Crippen LogP contribution in [0.2, 0.25) is 0 Å². The number of benzene rings is 2. The average Bonchev–Trinajstić information content (AvgIpc) is 3.26. The molecule has 0 aliphatic rings. The first-order chi connectivity index (χ1) is 14.6. The summed E-state index contributed by atoms with van der Waals surface area (Å²) in [5.74, 6) is 6.03. The Morgan fingerprint density at radius 3 is 2.80 bits per heavy atom. The van der Waals surface area contributed by atoms with Crippen molar-refractivity contribution in [3.05, 3.63) is 71.1 Å². The largest absolute Gasteiger partial charge is 0.373 e. The van der Waals surface area contributed by atoms with Crippen molar-refractivity contribution in [2.45, 2.75) is 20.1 Å². The van der Waals surface area contributed by atoms with E-state index >= 15 is 0 Å². The zero-order valence-corrected chi connectivity index (χ0v) is 17.7. The highest BCUT2D eigenvalue weighted by Crippen LogP contribution is 2.26. The van der Waals surface area contributed by atoms with Crippen LogP contribution in [0.1, 0.15) is 18.1 Å². The summed E-state index contributed by atoms with van der Waals surface area (Å²) in [6.07, 6.45) is 1.68. The Morgan fingerprint density at radius 2 is 2.00 bits per heavy atom. The Bertz CT molecular complexity index is 988. The molecular weight excluding hydrogens is 398 g/mol. The normalized spacial score (nSPS) is 11.3. The molecule has 3 rings (SSSR count). The van der Waals surface area contributed by atoms with Gasteiger partial charge < -0.3 is 15.4 Å². The van der Waals surface area contributed by atoms with Crippen molar-refractivity contribution in [2.24, 2.45) is 5.84 Å². The van der Waals surface area contributed by atoms with E-state index < -0.39 is 0 Å². The Labute approximate surface area is 180 Å². The zero-order chi connectivity index (χ0) is 21.2. The summed E-state index contributed by atoms with van der Waals surface area (Å²) >= 11 is 1.46. The molecule has 0 saturated heterocycles. The number of carbonyl (C=O) groups excluding carboxylic acids is 1. The molecular formula is C22H26N5O2S+. The van der Waals surface area contributed by atoms with Crippen LogP contribution in [0.25, 0.3) is 11.3 Å². The van der Waals surface area contributed by atoms with Gasteiger partial charge in [0.15, 0.2) is 5.69 Å². The van der Waals surface area contributed by atoms with Crippen LogP contribution in [0, 0.1) is 0 Å². The molecule has 0 fully saturated rings. The Morgan fingerprint density at radius 1 is 1.20 bits per heavy atom. The highest BCUT2D eigenvalue weighted by molar-refractivity contribution is 7.13. The van der Waals surface area contributed by atoms with Gasteiger partial charge in [-0.25, -0.2) is 0 Å². The second kappa shape index (κ2) is 11.1. The molecule has 0 radical (unpaired) electrons. The second-order valence-electron chi connectivity index (χ2n) is 6.65. The number of hydrazine groups is 1. The van der Waals surface area contributed by atoms with E-state index in [1.165, 1.54) is 22.9 Å². The van der Waals surface area contributed by atoms with E-state index in [0.29, 0.717) is 31.4 Å². The molecule has 2 aromatic carbocycles. The molecule has 0 atom stereocenters. The number of hydrogen-bond acceptors (Lipinski definition) is 5. The molecule has 0 saturated carbocycles. The number of hydrazone groups is 1. The van der Waals surface area contributed by atoms with Crippen LogP contribution < -0.4 is 16.5 Å². The fourth-order valence-electron chi connectivity index (χ4n) is 2.70. The van der Waals surface area contributed by atoms with Gasteiger partial charge in [0.05, 0.1) is 19.8 Å². The van der Waals surface area contributed by atoms with Crippen LogP contribution in [-0.4, -0.2) is 35.1 Å². The van der Waals surface area contributed by atoms with Crippen LogP contribution in [0.15, 0.2) is 60.0 Å². The van der Waals surface area contributed by atoms with Crippen LogP contribution in [0.4, 0.5) is 5.13 Å². The lowest BCUT2D eigenvalue weighted by atomic mass is 10.1. The number of ether oxygens (including phenoxy) is 1. The van der Waals surface area contributed by atoms with Crippen LogP contribution in [0.3, 0.4) is 0 Å². The second-order valence-corrected chi connectivity index (χ2v) is 7.49. The predicted octanol–water partition coefficient (Wildman–Crippen LogP) is 2.80. The number of rotatable bonds is 10. The highest BCUT2D eigenvalue weighted by Gasteiger charge is 2.13. The van der Waals surface area contributed by atoms with Gasteiger partial charge in [0.2, 0.25) is 12.2 Å². The summed E-state index contributed by atoms with van der Waals surface area (Å²) in [5.41, 5.74) is 4.00. The number of amides is 1. The van der Waals surface area contributed by atoms with Crippen molar-refractivity contribution in [3.63, 3.8) is 0 Å². The van der Waals surface area contributed by atoms with E-state index in [1.807, 2.05) is 60.0 Å². The predicted molar refractivity (Wildman–Crippen MR) is 119 cm³/mol. The Balaban J connectivity index is 1.48. The Kier molecular flexibility index (Phi) is 7.94. The van der Waals surface area contributed by atoms with Crippen molar-refractivity contribution < 1.29 is 14.2 Å². The molecule has 7 nitrogen and oxygen atoms in total. The summed E-state index contributed by atoms with van der Waals surface area (Å²) < 4.78 is 7.10. The smallest absolute Gasteiger partial charge is 0.343 e. The van der Waals surface area contributed by atoms with Crippen molar-refractivity contribution >= 4 is 28.7 Å². The van der Waals surface area contributed by atoms with Gasteiger partial charge in [-0.1, -0.05) is 64.9 Å².